The minimum atomic E-state index is -1.02. The molecular weight excluding hydrogens is 245 g/mol. The van der Waals surface area contributed by atoms with Gasteiger partial charge in [0.2, 0.25) is 5.91 Å². The Morgan fingerprint density at radius 2 is 1.78 bits per heavy atom. The maximum Gasteiger partial charge on any atom is 0.221 e. The van der Waals surface area contributed by atoms with E-state index < -0.39 is 23.1 Å². The lowest BCUT2D eigenvalue weighted by Crippen LogP contribution is -2.31. The Balaban J connectivity index is 2.52. The van der Waals surface area contributed by atoms with Crippen LogP contribution in [0.15, 0.2) is 12.1 Å². The lowest BCUT2D eigenvalue weighted by atomic mass is 10.2. The number of anilines is 1. The molecule has 18 heavy (non-hydrogen) atoms. The minimum Gasteiger partial charge on any atom is -0.380 e. The first kappa shape index (κ1) is 14.3. The highest BCUT2D eigenvalue weighted by molar-refractivity contribution is 5.76. The number of carbonyl (C=O) groups excluding carboxylic acids is 1. The highest BCUT2D eigenvalue weighted by atomic mass is 19.1. The Bertz CT molecular complexity index is 412. The van der Waals surface area contributed by atoms with Gasteiger partial charge >= 0.3 is 0 Å². The van der Waals surface area contributed by atoms with Crippen molar-refractivity contribution >= 4 is 11.6 Å². The monoisotopic (exact) mass is 260 g/mol. The normalized spacial score (nSPS) is 10.6. The molecule has 0 unspecified atom stereocenters. The lowest BCUT2D eigenvalue weighted by molar-refractivity contribution is -0.121. The van der Waals surface area contributed by atoms with E-state index in [9.17, 15) is 18.0 Å². The van der Waals surface area contributed by atoms with Crippen molar-refractivity contribution in [3.8, 4) is 0 Å². The summed E-state index contributed by atoms with van der Waals surface area (Å²) >= 11 is 0. The third-order valence-corrected chi connectivity index (χ3v) is 2.11. The first-order valence-corrected chi connectivity index (χ1v) is 5.58. The molecule has 0 heterocycles. The smallest absolute Gasteiger partial charge is 0.221 e. The molecule has 0 fully saturated rings. The van der Waals surface area contributed by atoms with Crippen molar-refractivity contribution in [3.05, 3.63) is 29.6 Å². The van der Waals surface area contributed by atoms with Crippen molar-refractivity contribution in [2.45, 2.75) is 26.3 Å². The third kappa shape index (κ3) is 4.27. The Morgan fingerprint density at radius 1 is 1.22 bits per heavy atom. The second-order valence-electron chi connectivity index (χ2n) is 4.14. The summed E-state index contributed by atoms with van der Waals surface area (Å²) in [5, 5.41) is 5.08. The molecule has 100 valence electrons. The first-order valence-electron chi connectivity index (χ1n) is 5.58. The van der Waals surface area contributed by atoms with Gasteiger partial charge in [-0.1, -0.05) is 0 Å². The van der Waals surface area contributed by atoms with Crippen LogP contribution in [0, 0.1) is 17.5 Å². The molecule has 1 rings (SSSR count). The summed E-state index contributed by atoms with van der Waals surface area (Å²) in [5.74, 6) is -3.23. The van der Waals surface area contributed by atoms with Crippen LogP contribution in [0.3, 0.4) is 0 Å². The number of rotatable bonds is 5. The molecular formula is C12H15F3N2O. The maximum atomic E-state index is 13.2. The SMILES string of the molecule is CC(C)NC(=O)CCNc1c(F)cc(F)cc1F. The topological polar surface area (TPSA) is 41.1 Å². The molecule has 0 spiro atoms. The van der Waals surface area contributed by atoms with Crippen molar-refractivity contribution in [3.63, 3.8) is 0 Å². The van der Waals surface area contributed by atoms with Gasteiger partial charge in [0.15, 0.2) is 11.6 Å². The van der Waals surface area contributed by atoms with Gasteiger partial charge in [-0.25, -0.2) is 13.2 Å². The summed E-state index contributed by atoms with van der Waals surface area (Å²) in [6, 6.07) is 1.18. The molecule has 0 aliphatic rings. The summed E-state index contributed by atoms with van der Waals surface area (Å²) in [7, 11) is 0. The fraction of sp³-hybridized carbons (Fsp3) is 0.417. The molecule has 1 amide bonds. The highest BCUT2D eigenvalue weighted by Crippen LogP contribution is 2.19. The molecule has 0 saturated heterocycles. The maximum absolute atomic E-state index is 13.2. The lowest BCUT2D eigenvalue weighted by Gasteiger charge is -2.10. The molecule has 1 aromatic rings. The van der Waals surface area contributed by atoms with Crippen LogP contribution in [0.25, 0.3) is 0 Å². The summed E-state index contributed by atoms with van der Waals surface area (Å²) < 4.78 is 39.0. The van der Waals surface area contributed by atoms with E-state index in [4.69, 9.17) is 0 Å². The van der Waals surface area contributed by atoms with Crippen LogP contribution in [0.5, 0.6) is 0 Å². The summed E-state index contributed by atoms with van der Waals surface area (Å²) in [4.78, 5) is 11.3. The zero-order valence-electron chi connectivity index (χ0n) is 10.2. The fourth-order valence-corrected chi connectivity index (χ4v) is 1.41. The Morgan fingerprint density at radius 3 is 2.28 bits per heavy atom. The predicted octanol–water partition coefficient (Wildman–Crippen LogP) is 2.43. The van der Waals surface area contributed by atoms with Gasteiger partial charge in [-0.3, -0.25) is 4.79 Å². The van der Waals surface area contributed by atoms with E-state index in [0.29, 0.717) is 12.1 Å². The van der Waals surface area contributed by atoms with Gasteiger partial charge in [0.05, 0.1) is 0 Å². The molecule has 0 aromatic heterocycles. The van der Waals surface area contributed by atoms with Crippen molar-refractivity contribution in [2.75, 3.05) is 11.9 Å². The fourth-order valence-electron chi connectivity index (χ4n) is 1.41. The summed E-state index contributed by atoms with van der Waals surface area (Å²) in [6.45, 7) is 3.69. The van der Waals surface area contributed by atoms with E-state index in [1.165, 1.54) is 0 Å². The summed E-state index contributed by atoms with van der Waals surface area (Å²) in [6.07, 6.45) is 0.0778. The predicted molar refractivity (Wildman–Crippen MR) is 62.7 cm³/mol. The third-order valence-electron chi connectivity index (χ3n) is 2.11. The number of benzene rings is 1. The summed E-state index contributed by atoms with van der Waals surface area (Å²) in [5.41, 5.74) is -0.422. The van der Waals surface area contributed by atoms with Gasteiger partial charge in [0.25, 0.3) is 0 Å². The number of hydrogen-bond acceptors (Lipinski definition) is 2. The van der Waals surface area contributed by atoms with Gasteiger partial charge < -0.3 is 10.6 Å². The number of nitrogens with one attached hydrogen (secondary N) is 2. The van der Waals surface area contributed by atoms with Crippen molar-refractivity contribution in [1.29, 1.82) is 0 Å². The van der Waals surface area contributed by atoms with Gasteiger partial charge in [-0.05, 0) is 13.8 Å². The number of amides is 1. The molecule has 0 atom stereocenters. The average molecular weight is 260 g/mol. The van der Waals surface area contributed by atoms with E-state index in [1.54, 1.807) is 0 Å². The van der Waals surface area contributed by atoms with Gasteiger partial charge in [-0.2, -0.15) is 0 Å². The van der Waals surface area contributed by atoms with E-state index in [-0.39, 0.29) is 24.9 Å². The van der Waals surface area contributed by atoms with Crippen LogP contribution < -0.4 is 10.6 Å². The molecule has 0 radical (unpaired) electrons. The Kier molecular flexibility index (Phi) is 5.00. The van der Waals surface area contributed by atoms with Crippen LogP contribution in [-0.4, -0.2) is 18.5 Å². The highest BCUT2D eigenvalue weighted by Gasteiger charge is 2.11. The van der Waals surface area contributed by atoms with E-state index in [1.807, 2.05) is 13.8 Å². The number of carbonyl (C=O) groups is 1. The molecule has 3 nitrogen and oxygen atoms in total. The Hall–Kier alpha value is -1.72. The second-order valence-corrected chi connectivity index (χ2v) is 4.14. The van der Waals surface area contributed by atoms with Crippen molar-refractivity contribution in [1.82, 2.24) is 5.32 Å². The second kappa shape index (κ2) is 6.28. The number of halogens is 3. The molecule has 0 saturated carbocycles. The van der Waals surface area contributed by atoms with Gasteiger partial charge in [-0.15, -0.1) is 0 Å². The van der Waals surface area contributed by atoms with Crippen LogP contribution >= 0.6 is 0 Å². The van der Waals surface area contributed by atoms with Gasteiger partial charge in [0, 0.05) is 31.1 Å². The van der Waals surface area contributed by atoms with Crippen LogP contribution in [0.4, 0.5) is 18.9 Å². The van der Waals surface area contributed by atoms with Crippen LogP contribution in [0.1, 0.15) is 20.3 Å². The molecule has 1 aromatic carbocycles. The van der Waals surface area contributed by atoms with E-state index >= 15 is 0 Å². The molecule has 2 N–H and O–H groups in total. The molecule has 0 bridgehead atoms. The molecule has 0 aliphatic carbocycles. The van der Waals surface area contributed by atoms with Crippen LogP contribution in [-0.2, 0) is 4.79 Å². The van der Waals surface area contributed by atoms with Crippen molar-refractivity contribution < 1.29 is 18.0 Å². The van der Waals surface area contributed by atoms with E-state index in [0.717, 1.165) is 0 Å². The average Bonchev–Trinajstić information content (AvgIpc) is 2.20. The Labute approximate surface area is 103 Å². The number of hydrogen-bond donors (Lipinski definition) is 2. The minimum absolute atomic E-state index is 0.0109. The zero-order chi connectivity index (χ0) is 13.7. The van der Waals surface area contributed by atoms with Crippen molar-refractivity contribution in [2.24, 2.45) is 0 Å². The molecule has 6 heteroatoms. The molecule has 0 aliphatic heterocycles. The zero-order valence-corrected chi connectivity index (χ0v) is 10.2. The quantitative estimate of drug-likeness (QED) is 0.853. The largest absolute Gasteiger partial charge is 0.380 e. The first-order chi connectivity index (χ1) is 8.40. The van der Waals surface area contributed by atoms with Crippen LogP contribution in [0.2, 0.25) is 0 Å². The van der Waals surface area contributed by atoms with E-state index in [2.05, 4.69) is 10.6 Å². The standard InChI is InChI=1S/C12H15F3N2O/c1-7(2)17-11(18)3-4-16-12-9(14)5-8(13)6-10(12)15/h5-7,16H,3-4H2,1-2H3,(H,17,18). The van der Waals surface area contributed by atoms with Gasteiger partial charge in [0.1, 0.15) is 11.5 Å².